The standard InChI is InChI=1S/C19H22N4OS.ClH/c1-13-16-11-17(18(24)22-10-6-7-14(12-22)20-2)25-19(16)23(21-13)15-8-4-3-5-9-15;/h3-5,8-9,11,14,20H,6-7,10,12H2,1-2H3;1H. The fourth-order valence-corrected chi connectivity index (χ4v) is 4.60. The zero-order valence-corrected chi connectivity index (χ0v) is 16.6. The van der Waals surface area contributed by atoms with Crippen LogP contribution in [0.15, 0.2) is 36.4 Å². The zero-order valence-electron chi connectivity index (χ0n) is 14.9. The zero-order chi connectivity index (χ0) is 17.4. The lowest BCUT2D eigenvalue weighted by molar-refractivity contribution is 0.0703. The summed E-state index contributed by atoms with van der Waals surface area (Å²) in [6.45, 7) is 3.63. The number of hydrogen-bond donors (Lipinski definition) is 1. The molecule has 26 heavy (non-hydrogen) atoms. The van der Waals surface area contributed by atoms with E-state index >= 15 is 0 Å². The number of aryl methyl sites for hydroxylation is 1. The van der Waals surface area contributed by atoms with Crippen LogP contribution in [0, 0.1) is 6.92 Å². The lowest BCUT2D eigenvalue weighted by atomic mass is 10.1. The number of aromatic nitrogens is 2. The Morgan fingerprint density at radius 2 is 2.08 bits per heavy atom. The minimum Gasteiger partial charge on any atom is -0.336 e. The minimum absolute atomic E-state index is 0. The number of nitrogens with one attached hydrogen (secondary N) is 1. The molecule has 3 aromatic rings. The van der Waals surface area contributed by atoms with Crippen LogP contribution in [0.5, 0.6) is 0 Å². The van der Waals surface area contributed by atoms with Gasteiger partial charge in [-0.15, -0.1) is 23.7 Å². The number of carbonyl (C=O) groups is 1. The second kappa shape index (κ2) is 7.78. The molecule has 1 aliphatic rings. The first-order chi connectivity index (χ1) is 12.2. The fraction of sp³-hybridized carbons (Fsp3) is 0.368. The highest BCUT2D eigenvalue weighted by Gasteiger charge is 2.26. The van der Waals surface area contributed by atoms with E-state index in [0.29, 0.717) is 6.04 Å². The predicted octanol–water partition coefficient (Wildman–Crippen LogP) is 3.64. The van der Waals surface area contributed by atoms with Crippen molar-refractivity contribution >= 4 is 39.9 Å². The first kappa shape index (κ1) is 18.9. The van der Waals surface area contributed by atoms with Gasteiger partial charge in [0.15, 0.2) is 0 Å². The van der Waals surface area contributed by atoms with Crippen LogP contribution >= 0.6 is 23.7 Å². The molecule has 0 spiro atoms. The number of benzene rings is 1. The molecule has 1 amide bonds. The number of thiophene rings is 1. The number of rotatable bonds is 3. The van der Waals surface area contributed by atoms with E-state index in [1.807, 2.05) is 60.0 Å². The van der Waals surface area contributed by atoms with Gasteiger partial charge in [-0.05, 0) is 45.0 Å². The SMILES string of the molecule is CNC1CCCN(C(=O)c2cc3c(C)nn(-c4ccccc4)c3s2)C1.Cl. The molecule has 3 heterocycles. The van der Waals surface area contributed by atoms with Crippen molar-refractivity contribution in [2.75, 3.05) is 20.1 Å². The van der Waals surface area contributed by atoms with Gasteiger partial charge in [-0.1, -0.05) is 18.2 Å². The Labute approximate surface area is 163 Å². The van der Waals surface area contributed by atoms with E-state index in [4.69, 9.17) is 0 Å². The highest BCUT2D eigenvalue weighted by atomic mass is 35.5. The Morgan fingerprint density at radius 1 is 1.31 bits per heavy atom. The minimum atomic E-state index is 0. The van der Waals surface area contributed by atoms with E-state index in [0.717, 1.165) is 52.4 Å². The summed E-state index contributed by atoms with van der Waals surface area (Å²) in [7, 11) is 1.97. The van der Waals surface area contributed by atoms with Crippen LogP contribution in [0.2, 0.25) is 0 Å². The number of hydrogen-bond acceptors (Lipinski definition) is 4. The quantitative estimate of drug-likeness (QED) is 0.742. The van der Waals surface area contributed by atoms with Crippen LogP contribution in [0.3, 0.4) is 0 Å². The average Bonchev–Trinajstić information content (AvgIpc) is 3.22. The van der Waals surface area contributed by atoms with Crippen molar-refractivity contribution in [1.29, 1.82) is 0 Å². The Morgan fingerprint density at radius 3 is 2.81 bits per heavy atom. The van der Waals surface area contributed by atoms with Gasteiger partial charge in [-0.3, -0.25) is 4.79 Å². The molecule has 0 radical (unpaired) electrons. The molecule has 1 saturated heterocycles. The van der Waals surface area contributed by atoms with Gasteiger partial charge in [-0.25, -0.2) is 4.68 Å². The van der Waals surface area contributed by atoms with E-state index in [1.54, 1.807) is 0 Å². The molecule has 1 atom stereocenters. The van der Waals surface area contributed by atoms with Crippen molar-refractivity contribution in [2.24, 2.45) is 0 Å². The third-order valence-corrected chi connectivity index (χ3v) is 5.97. The maximum absolute atomic E-state index is 13.0. The number of fused-ring (bicyclic) bond motifs is 1. The maximum atomic E-state index is 13.0. The first-order valence-electron chi connectivity index (χ1n) is 8.68. The number of halogens is 1. The van der Waals surface area contributed by atoms with Gasteiger partial charge in [0.25, 0.3) is 5.91 Å². The van der Waals surface area contributed by atoms with Crippen LogP contribution in [0.4, 0.5) is 0 Å². The third kappa shape index (κ3) is 3.37. The van der Waals surface area contributed by atoms with Gasteiger partial charge in [0, 0.05) is 24.5 Å². The summed E-state index contributed by atoms with van der Waals surface area (Å²) in [6, 6.07) is 12.5. The van der Waals surface area contributed by atoms with Gasteiger partial charge in [0.1, 0.15) is 4.83 Å². The normalized spacial score (nSPS) is 17.3. The number of nitrogens with zero attached hydrogens (tertiary/aromatic N) is 3. The van der Waals surface area contributed by atoms with E-state index < -0.39 is 0 Å². The van der Waals surface area contributed by atoms with E-state index in [1.165, 1.54) is 11.3 Å². The molecule has 0 aliphatic carbocycles. The second-order valence-corrected chi connectivity index (χ2v) is 7.57. The molecule has 1 aliphatic heterocycles. The van der Waals surface area contributed by atoms with Crippen LogP contribution in [-0.4, -0.2) is 46.8 Å². The molecule has 1 unspecified atom stereocenters. The third-order valence-electron chi connectivity index (χ3n) is 4.87. The second-order valence-electron chi connectivity index (χ2n) is 6.54. The van der Waals surface area contributed by atoms with E-state index in [2.05, 4.69) is 10.4 Å². The molecule has 5 nitrogen and oxygen atoms in total. The molecular weight excluding hydrogens is 368 g/mol. The van der Waals surface area contributed by atoms with Gasteiger partial charge in [0.2, 0.25) is 0 Å². The van der Waals surface area contributed by atoms with Crippen molar-refractivity contribution in [3.8, 4) is 5.69 Å². The largest absolute Gasteiger partial charge is 0.336 e. The summed E-state index contributed by atoms with van der Waals surface area (Å²) in [6.07, 6.45) is 2.19. The van der Waals surface area contributed by atoms with Gasteiger partial charge in [0.05, 0.1) is 16.3 Å². The van der Waals surface area contributed by atoms with Gasteiger partial charge >= 0.3 is 0 Å². The number of amides is 1. The highest BCUT2D eigenvalue weighted by Crippen LogP contribution is 2.31. The summed E-state index contributed by atoms with van der Waals surface area (Å²) < 4.78 is 1.94. The predicted molar refractivity (Wildman–Crippen MR) is 109 cm³/mol. The van der Waals surface area contributed by atoms with E-state index in [-0.39, 0.29) is 18.3 Å². The highest BCUT2D eigenvalue weighted by molar-refractivity contribution is 7.20. The van der Waals surface area contributed by atoms with Gasteiger partial charge < -0.3 is 10.2 Å². The van der Waals surface area contributed by atoms with E-state index in [9.17, 15) is 4.79 Å². The average molecular weight is 391 g/mol. The number of likely N-dealkylation sites (N-methyl/N-ethyl adjacent to an activating group) is 1. The molecule has 1 aromatic carbocycles. The molecule has 0 saturated carbocycles. The molecule has 2 aromatic heterocycles. The molecule has 4 rings (SSSR count). The van der Waals surface area contributed by atoms with Crippen LogP contribution in [-0.2, 0) is 0 Å². The topological polar surface area (TPSA) is 50.2 Å². The Kier molecular flexibility index (Phi) is 5.65. The summed E-state index contributed by atoms with van der Waals surface area (Å²) in [5, 5.41) is 9.02. The lowest BCUT2D eigenvalue weighted by Gasteiger charge is -2.32. The van der Waals surface area contributed by atoms with Crippen LogP contribution in [0.1, 0.15) is 28.2 Å². The van der Waals surface area contributed by atoms with Crippen molar-refractivity contribution in [2.45, 2.75) is 25.8 Å². The van der Waals surface area contributed by atoms with Crippen molar-refractivity contribution in [1.82, 2.24) is 20.0 Å². The van der Waals surface area contributed by atoms with Crippen molar-refractivity contribution < 1.29 is 4.79 Å². The Bertz CT molecular complexity index is 905. The number of carbonyl (C=O) groups excluding carboxylic acids is 1. The number of likely N-dealkylation sites (tertiary alicyclic amines) is 1. The molecule has 1 fully saturated rings. The fourth-order valence-electron chi connectivity index (χ4n) is 3.45. The molecule has 1 N–H and O–H groups in total. The lowest BCUT2D eigenvalue weighted by Crippen LogP contribution is -2.46. The molecule has 7 heteroatoms. The van der Waals surface area contributed by atoms with Crippen molar-refractivity contribution in [3.05, 3.63) is 47.0 Å². The molecular formula is C19H23ClN4OS. The number of piperidine rings is 1. The summed E-state index contributed by atoms with van der Waals surface area (Å²) in [4.78, 5) is 16.8. The van der Waals surface area contributed by atoms with Gasteiger partial charge in [-0.2, -0.15) is 5.10 Å². The molecule has 0 bridgehead atoms. The smallest absolute Gasteiger partial charge is 0.264 e. The first-order valence-corrected chi connectivity index (χ1v) is 9.50. The summed E-state index contributed by atoms with van der Waals surface area (Å²) in [5.74, 6) is 0.139. The maximum Gasteiger partial charge on any atom is 0.264 e. The summed E-state index contributed by atoms with van der Waals surface area (Å²) >= 11 is 1.54. The Hall–Kier alpha value is -1.89. The van der Waals surface area contributed by atoms with Crippen molar-refractivity contribution in [3.63, 3.8) is 0 Å². The summed E-state index contributed by atoms with van der Waals surface area (Å²) in [5.41, 5.74) is 1.98. The van der Waals surface area contributed by atoms with Crippen LogP contribution in [0.25, 0.3) is 15.9 Å². The monoisotopic (exact) mass is 390 g/mol. The Balaban J connectivity index is 0.00000196. The number of para-hydroxylation sites is 1. The molecule has 138 valence electrons. The van der Waals surface area contributed by atoms with Crippen LogP contribution < -0.4 is 5.32 Å².